The number of pyridine rings is 1. The second-order valence-electron chi connectivity index (χ2n) is 6.18. The van der Waals surface area contributed by atoms with Gasteiger partial charge < -0.3 is 15.0 Å². The summed E-state index contributed by atoms with van der Waals surface area (Å²) in [6.07, 6.45) is 3.46. The van der Waals surface area contributed by atoms with E-state index in [9.17, 15) is 13.6 Å². The van der Waals surface area contributed by atoms with E-state index in [0.29, 0.717) is 37.2 Å². The Morgan fingerprint density at radius 3 is 2.84 bits per heavy atom. The summed E-state index contributed by atoms with van der Waals surface area (Å²) in [5.41, 5.74) is 0.811. The first-order valence-corrected chi connectivity index (χ1v) is 8.35. The normalized spacial score (nSPS) is 15.6. The fourth-order valence-corrected chi connectivity index (χ4v) is 3.15. The molecule has 1 fully saturated rings. The predicted molar refractivity (Wildman–Crippen MR) is 91.4 cm³/mol. The average Bonchev–Trinajstić information content (AvgIpc) is 2.61. The van der Waals surface area contributed by atoms with Crippen molar-refractivity contribution in [2.45, 2.75) is 25.3 Å². The first-order valence-electron chi connectivity index (χ1n) is 8.35. The summed E-state index contributed by atoms with van der Waals surface area (Å²) >= 11 is 0. The van der Waals surface area contributed by atoms with Gasteiger partial charge in [-0.1, -0.05) is 0 Å². The van der Waals surface area contributed by atoms with Crippen LogP contribution in [0.25, 0.3) is 10.9 Å². The van der Waals surface area contributed by atoms with Gasteiger partial charge in [-0.25, -0.2) is 8.78 Å². The maximum absolute atomic E-state index is 13.9. The van der Waals surface area contributed by atoms with Crippen LogP contribution in [-0.4, -0.2) is 48.6 Å². The number of fused-ring (bicyclic) bond motifs is 1. The summed E-state index contributed by atoms with van der Waals surface area (Å²) in [5, 5.41) is 3.77. The minimum absolute atomic E-state index is 0.0961. The Bertz CT molecular complexity index is 761. The van der Waals surface area contributed by atoms with Crippen molar-refractivity contribution in [3.05, 3.63) is 36.0 Å². The number of rotatable bonds is 5. The highest BCUT2D eigenvalue weighted by atomic mass is 19.1. The van der Waals surface area contributed by atoms with Gasteiger partial charge >= 0.3 is 0 Å². The number of piperidine rings is 1. The van der Waals surface area contributed by atoms with Gasteiger partial charge in [-0.2, -0.15) is 0 Å². The van der Waals surface area contributed by atoms with Crippen LogP contribution in [0.4, 0.5) is 14.5 Å². The van der Waals surface area contributed by atoms with Crippen LogP contribution in [0.15, 0.2) is 24.4 Å². The molecule has 0 saturated carbocycles. The first kappa shape index (κ1) is 17.5. The molecule has 1 saturated heterocycles. The third-order valence-electron chi connectivity index (χ3n) is 4.49. The van der Waals surface area contributed by atoms with Crippen LogP contribution in [-0.2, 0) is 9.53 Å². The summed E-state index contributed by atoms with van der Waals surface area (Å²) in [7, 11) is 1.58. The smallest absolute Gasteiger partial charge is 0.224 e. The number of ether oxygens (including phenoxy) is 1. The lowest BCUT2D eigenvalue weighted by atomic mass is 10.0. The molecule has 0 radical (unpaired) electrons. The van der Waals surface area contributed by atoms with Gasteiger partial charge in [0.25, 0.3) is 0 Å². The summed E-state index contributed by atoms with van der Waals surface area (Å²) < 4.78 is 32.3. The number of carbonyl (C=O) groups is 1. The molecule has 1 aliphatic rings. The van der Waals surface area contributed by atoms with Gasteiger partial charge in [0, 0.05) is 49.6 Å². The minimum Gasteiger partial charge on any atom is -0.384 e. The molecule has 0 bridgehead atoms. The minimum atomic E-state index is -0.669. The topological polar surface area (TPSA) is 54.5 Å². The fourth-order valence-electron chi connectivity index (χ4n) is 3.15. The van der Waals surface area contributed by atoms with Crippen molar-refractivity contribution in [3.8, 4) is 0 Å². The van der Waals surface area contributed by atoms with Gasteiger partial charge in [-0.05, 0) is 25.0 Å². The third kappa shape index (κ3) is 4.04. The summed E-state index contributed by atoms with van der Waals surface area (Å²) in [6.45, 7) is 1.75. The van der Waals surface area contributed by atoms with E-state index in [-0.39, 0.29) is 17.5 Å². The number of aromatic nitrogens is 1. The van der Waals surface area contributed by atoms with Crippen molar-refractivity contribution in [1.82, 2.24) is 9.88 Å². The number of halogens is 2. The second-order valence-corrected chi connectivity index (χ2v) is 6.18. The molecule has 1 amide bonds. The van der Waals surface area contributed by atoms with E-state index < -0.39 is 11.6 Å². The standard InChI is InChI=1S/C18H21F2N3O2/c1-25-9-5-17(24)23-7-3-13(4-8-23)22-16-2-6-21-18-14(16)10-12(19)11-15(18)20/h2,6,10-11,13H,3-5,7-9H2,1H3,(H,21,22). The molecule has 1 aliphatic heterocycles. The van der Waals surface area contributed by atoms with Crippen molar-refractivity contribution in [1.29, 1.82) is 0 Å². The Balaban J connectivity index is 1.67. The van der Waals surface area contributed by atoms with Crippen LogP contribution < -0.4 is 5.32 Å². The zero-order valence-corrected chi connectivity index (χ0v) is 14.1. The predicted octanol–water partition coefficient (Wildman–Crippen LogP) is 2.95. The molecule has 134 valence electrons. The van der Waals surface area contributed by atoms with Crippen molar-refractivity contribution in [2.24, 2.45) is 0 Å². The lowest BCUT2D eigenvalue weighted by Gasteiger charge is -2.33. The Labute approximate surface area is 145 Å². The Morgan fingerprint density at radius 2 is 2.12 bits per heavy atom. The second kappa shape index (κ2) is 7.74. The number of amides is 1. The molecule has 0 atom stereocenters. The quantitative estimate of drug-likeness (QED) is 0.902. The van der Waals surface area contributed by atoms with Gasteiger partial charge in [0.1, 0.15) is 11.3 Å². The highest BCUT2D eigenvalue weighted by molar-refractivity contribution is 5.91. The van der Waals surface area contributed by atoms with Crippen LogP contribution >= 0.6 is 0 Å². The molecule has 25 heavy (non-hydrogen) atoms. The number of hydrogen-bond donors (Lipinski definition) is 1. The van der Waals surface area contributed by atoms with E-state index in [1.54, 1.807) is 13.2 Å². The monoisotopic (exact) mass is 349 g/mol. The maximum Gasteiger partial charge on any atom is 0.224 e. The van der Waals surface area contributed by atoms with Crippen molar-refractivity contribution >= 4 is 22.5 Å². The number of nitrogens with one attached hydrogen (secondary N) is 1. The average molecular weight is 349 g/mol. The highest BCUT2D eigenvalue weighted by Gasteiger charge is 2.23. The molecule has 0 unspecified atom stereocenters. The maximum atomic E-state index is 13.9. The van der Waals surface area contributed by atoms with Gasteiger partial charge in [0.2, 0.25) is 5.91 Å². The summed E-state index contributed by atoms with van der Waals surface area (Å²) in [6, 6.07) is 3.99. The van der Waals surface area contributed by atoms with Crippen LogP contribution in [0.3, 0.4) is 0 Å². The summed E-state index contributed by atoms with van der Waals surface area (Å²) in [4.78, 5) is 17.8. The van der Waals surface area contributed by atoms with E-state index in [0.717, 1.165) is 18.9 Å². The number of anilines is 1. The summed E-state index contributed by atoms with van der Waals surface area (Å²) in [5.74, 6) is -1.20. The number of nitrogens with zero attached hydrogens (tertiary/aromatic N) is 2. The van der Waals surface area contributed by atoms with Gasteiger partial charge in [-0.3, -0.25) is 9.78 Å². The molecule has 0 aliphatic carbocycles. The van der Waals surface area contributed by atoms with Crippen molar-refractivity contribution in [2.75, 3.05) is 32.1 Å². The van der Waals surface area contributed by atoms with Crippen molar-refractivity contribution in [3.63, 3.8) is 0 Å². The molecule has 0 spiro atoms. The molecule has 3 rings (SSSR count). The molecule has 5 nitrogen and oxygen atoms in total. The van der Waals surface area contributed by atoms with Crippen LogP contribution in [0, 0.1) is 11.6 Å². The number of carbonyl (C=O) groups excluding carboxylic acids is 1. The third-order valence-corrected chi connectivity index (χ3v) is 4.49. The number of benzene rings is 1. The largest absolute Gasteiger partial charge is 0.384 e. The van der Waals surface area contributed by atoms with E-state index in [1.165, 1.54) is 12.3 Å². The number of hydrogen-bond acceptors (Lipinski definition) is 4. The fraction of sp³-hybridized carbons (Fsp3) is 0.444. The molecule has 1 N–H and O–H groups in total. The Kier molecular flexibility index (Phi) is 5.43. The lowest BCUT2D eigenvalue weighted by Crippen LogP contribution is -2.42. The van der Waals surface area contributed by atoms with Crippen LogP contribution in [0.1, 0.15) is 19.3 Å². The molecular formula is C18H21F2N3O2. The van der Waals surface area contributed by atoms with E-state index >= 15 is 0 Å². The van der Waals surface area contributed by atoms with Crippen molar-refractivity contribution < 1.29 is 18.3 Å². The molecule has 1 aromatic carbocycles. The Hall–Kier alpha value is -2.28. The van der Waals surface area contributed by atoms with Crippen LogP contribution in [0.5, 0.6) is 0 Å². The molecule has 1 aromatic heterocycles. The Morgan fingerprint density at radius 1 is 1.36 bits per heavy atom. The van der Waals surface area contributed by atoms with Gasteiger partial charge in [-0.15, -0.1) is 0 Å². The van der Waals surface area contributed by atoms with Gasteiger partial charge in [0.15, 0.2) is 5.82 Å². The van der Waals surface area contributed by atoms with E-state index in [4.69, 9.17) is 4.74 Å². The zero-order valence-electron chi connectivity index (χ0n) is 14.1. The van der Waals surface area contributed by atoms with Crippen LogP contribution in [0.2, 0.25) is 0 Å². The molecular weight excluding hydrogens is 328 g/mol. The van der Waals surface area contributed by atoms with E-state index in [2.05, 4.69) is 10.3 Å². The number of likely N-dealkylation sites (tertiary alicyclic amines) is 1. The SMILES string of the molecule is COCCC(=O)N1CCC(Nc2ccnc3c(F)cc(F)cc23)CC1. The number of methoxy groups -OCH3 is 1. The molecule has 7 heteroatoms. The molecule has 2 heterocycles. The van der Waals surface area contributed by atoms with Gasteiger partial charge in [0.05, 0.1) is 13.0 Å². The lowest BCUT2D eigenvalue weighted by molar-refractivity contribution is -0.133. The first-order chi connectivity index (χ1) is 12.1. The van der Waals surface area contributed by atoms with E-state index in [1.807, 2.05) is 4.90 Å². The molecule has 2 aromatic rings. The highest BCUT2D eigenvalue weighted by Crippen LogP contribution is 2.27. The zero-order chi connectivity index (χ0) is 17.8.